The molecule has 0 fully saturated rings. The van der Waals surface area contributed by atoms with Crippen LogP contribution in [0.4, 0.5) is 4.39 Å². The highest BCUT2D eigenvalue weighted by molar-refractivity contribution is 6.30. The van der Waals surface area contributed by atoms with Crippen molar-refractivity contribution in [2.24, 2.45) is 0 Å². The van der Waals surface area contributed by atoms with Crippen molar-refractivity contribution in [2.45, 2.75) is 26.2 Å². The summed E-state index contributed by atoms with van der Waals surface area (Å²) >= 11 is 5.77. The zero-order chi connectivity index (χ0) is 11.3. The highest BCUT2D eigenvalue weighted by Gasteiger charge is 2.05. The third-order valence-electron chi connectivity index (χ3n) is 2.41. The Balaban J connectivity index is 2.55. The van der Waals surface area contributed by atoms with Crippen molar-refractivity contribution in [3.8, 4) is 0 Å². The second-order valence-corrected chi connectivity index (χ2v) is 4.18. The molecule has 0 aliphatic carbocycles. The smallest absolute Gasteiger partial charge is 0.144 e. The first-order valence-electron chi connectivity index (χ1n) is 5.24. The summed E-state index contributed by atoms with van der Waals surface area (Å²) in [5.74, 6) is -0.296. The standard InChI is InChI=1S/C12H17ClFN/c1-9-7-10(5-3-4-6-15-2)8-11(13)12(9)14/h7-8,15H,3-6H2,1-2H3. The Kier molecular flexibility index (Phi) is 5.06. The van der Waals surface area contributed by atoms with Crippen LogP contribution in [0.3, 0.4) is 0 Å². The molecule has 1 N–H and O–H groups in total. The zero-order valence-corrected chi connectivity index (χ0v) is 9.99. The maximum atomic E-state index is 13.2. The molecule has 0 amide bonds. The van der Waals surface area contributed by atoms with Gasteiger partial charge in [0.05, 0.1) is 5.02 Å². The topological polar surface area (TPSA) is 12.0 Å². The third kappa shape index (κ3) is 3.80. The Morgan fingerprint density at radius 3 is 2.67 bits per heavy atom. The lowest BCUT2D eigenvalue weighted by atomic mass is 10.1. The Morgan fingerprint density at radius 1 is 1.33 bits per heavy atom. The summed E-state index contributed by atoms with van der Waals surface area (Å²) in [6.45, 7) is 2.77. The monoisotopic (exact) mass is 229 g/mol. The van der Waals surface area contributed by atoms with E-state index in [1.165, 1.54) is 0 Å². The first kappa shape index (κ1) is 12.5. The predicted octanol–water partition coefficient (Wildman–Crippen LogP) is 3.33. The molecule has 0 heterocycles. The van der Waals surface area contributed by atoms with Crippen LogP contribution in [0.2, 0.25) is 5.02 Å². The molecular weight excluding hydrogens is 213 g/mol. The number of rotatable bonds is 5. The van der Waals surface area contributed by atoms with Crippen molar-refractivity contribution in [1.82, 2.24) is 5.32 Å². The molecule has 0 spiro atoms. The first-order valence-corrected chi connectivity index (χ1v) is 5.62. The van der Waals surface area contributed by atoms with Gasteiger partial charge in [0.2, 0.25) is 0 Å². The van der Waals surface area contributed by atoms with E-state index in [1.54, 1.807) is 13.0 Å². The maximum absolute atomic E-state index is 13.2. The summed E-state index contributed by atoms with van der Waals surface area (Å²) in [5, 5.41) is 3.33. The number of hydrogen-bond donors (Lipinski definition) is 1. The second kappa shape index (κ2) is 6.09. The summed E-state index contributed by atoms with van der Waals surface area (Å²) in [5.41, 5.74) is 1.75. The van der Waals surface area contributed by atoms with Crippen molar-refractivity contribution in [3.63, 3.8) is 0 Å². The van der Waals surface area contributed by atoms with Crippen molar-refractivity contribution >= 4 is 11.6 Å². The molecule has 1 aromatic rings. The van der Waals surface area contributed by atoms with E-state index < -0.39 is 0 Å². The van der Waals surface area contributed by atoms with E-state index in [4.69, 9.17) is 11.6 Å². The number of benzene rings is 1. The molecular formula is C12H17ClFN. The van der Waals surface area contributed by atoms with Gasteiger partial charge in [-0.25, -0.2) is 4.39 Å². The number of hydrogen-bond acceptors (Lipinski definition) is 1. The lowest BCUT2D eigenvalue weighted by Crippen LogP contribution is -2.07. The number of aryl methyl sites for hydroxylation is 2. The molecule has 1 aromatic carbocycles. The van der Waals surface area contributed by atoms with Crippen LogP contribution in [0.15, 0.2) is 12.1 Å². The van der Waals surface area contributed by atoms with Gasteiger partial charge in [-0.05, 0) is 57.0 Å². The molecule has 0 saturated carbocycles. The van der Waals surface area contributed by atoms with Crippen LogP contribution in [-0.2, 0) is 6.42 Å². The van der Waals surface area contributed by atoms with Crippen molar-refractivity contribution < 1.29 is 4.39 Å². The fourth-order valence-corrected chi connectivity index (χ4v) is 1.86. The van der Waals surface area contributed by atoms with Crippen LogP contribution in [0.25, 0.3) is 0 Å². The van der Waals surface area contributed by atoms with Crippen molar-refractivity contribution in [1.29, 1.82) is 0 Å². The van der Waals surface area contributed by atoms with Gasteiger partial charge < -0.3 is 5.32 Å². The van der Waals surface area contributed by atoms with Gasteiger partial charge in [-0.2, -0.15) is 0 Å². The molecule has 15 heavy (non-hydrogen) atoms. The summed E-state index contributed by atoms with van der Waals surface area (Å²) in [6, 6.07) is 3.60. The molecule has 84 valence electrons. The fraction of sp³-hybridized carbons (Fsp3) is 0.500. The molecule has 0 unspecified atom stereocenters. The van der Waals surface area contributed by atoms with Gasteiger partial charge in [-0.3, -0.25) is 0 Å². The van der Waals surface area contributed by atoms with E-state index in [-0.39, 0.29) is 10.8 Å². The van der Waals surface area contributed by atoms with Crippen molar-refractivity contribution in [2.75, 3.05) is 13.6 Å². The van der Waals surface area contributed by atoms with Gasteiger partial charge >= 0.3 is 0 Å². The third-order valence-corrected chi connectivity index (χ3v) is 2.69. The fourth-order valence-electron chi connectivity index (χ4n) is 1.57. The minimum absolute atomic E-state index is 0.235. The predicted molar refractivity (Wildman–Crippen MR) is 63.0 cm³/mol. The summed E-state index contributed by atoms with van der Waals surface area (Å²) in [7, 11) is 1.94. The molecule has 0 atom stereocenters. The van der Waals surface area contributed by atoms with Gasteiger partial charge in [0.1, 0.15) is 5.82 Å². The van der Waals surface area contributed by atoms with Crippen LogP contribution in [0, 0.1) is 12.7 Å². The van der Waals surface area contributed by atoms with Crippen LogP contribution in [0.5, 0.6) is 0 Å². The minimum atomic E-state index is -0.296. The second-order valence-electron chi connectivity index (χ2n) is 3.77. The highest BCUT2D eigenvalue weighted by atomic mass is 35.5. The van der Waals surface area contributed by atoms with E-state index in [1.807, 2.05) is 13.1 Å². The van der Waals surface area contributed by atoms with E-state index in [0.29, 0.717) is 5.56 Å². The van der Waals surface area contributed by atoms with Gasteiger partial charge in [0.15, 0.2) is 0 Å². The molecule has 3 heteroatoms. The van der Waals surface area contributed by atoms with Crippen LogP contribution >= 0.6 is 11.6 Å². The largest absolute Gasteiger partial charge is 0.320 e. The lowest BCUT2D eigenvalue weighted by Gasteiger charge is -2.05. The quantitative estimate of drug-likeness (QED) is 0.764. The molecule has 0 aliphatic rings. The van der Waals surface area contributed by atoms with Crippen LogP contribution < -0.4 is 5.32 Å². The van der Waals surface area contributed by atoms with Gasteiger partial charge in [-0.1, -0.05) is 17.7 Å². The average Bonchev–Trinajstić information content (AvgIpc) is 2.21. The molecule has 0 aliphatic heterocycles. The maximum Gasteiger partial charge on any atom is 0.144 e. The van der Waals surface area contributed by atoms with E-state index in [0.717, 1.165) is 31.4 Å². The number of halogens is 2. The molecule has 1 rings (SSSR count). The van der Waals surface area contributed by atoms with Gasteiger partial charge in [0, 0.05) is 0 Å². The number of nitrogens with one attached hydrogen (secondary N) is 1. The molecule has 0 aromatic heterocycles. The van der Waals surface area contributed by atoms with Crippen molar-refractivity contribution in [3.05, 3.63) is 34.1 Å². The van der Waals surface area contributed by atoms with Crippen LogP contribution in [-0.4, -0.2) is 13.6 Å². The lowest BCUT2D eigenvalue weighted by molar-refractivity contribution is 0.616. The average molecular weight is 230 g/mol. The Bertz CT molecular complexity index is 302. The minimum Gasteiger partial charge on any atom is -0.320 e. The summed E-state index contributed by atoms with van der Waals surface area (Å²) in [4.78, 5) is 0. The molecule has 0 bridgehead atoms. The Labute approximate surface area is 95.6 Å². The highest BCUT2D eigenvalue weighted by Crippen LogP contribution is 2.21. The normalized spacial score (nSPS) is 10.7. The Hall–Kier alpha value is -0.600. The van der Waals surface area contributed by atoms with Gasteiger partial charge in [0.25, 0.3) is 0 Å². The first-order chi connectivity index (χ1) is 7.15. The zero-order valence-electron chi connectivity index (χ0n) is 9.24. The summed E-state index contributed by atoms with van der Waals surface area (Å²) < 4.78 is 13.2. The molecule has 1 nitrogen and oxygen atoms in total. The summed E-state index contributed by atoms with van der Waals surface area (Å²) in [6.07, 6.45) is 3.19. The van der Waals surface area contributed by atoms with Gasteiger partial charge in [-0.15, -0.1) is 0 Å². The molecule has 0 radical (unpaired) electrons. The van der Waals surface area contributed by atoms with E-state index in [2.05, 4.69) is 5.32 Å². The van der Waals surface area contributed by atoms with E-state index in [9.17, 15) is 4.39 Å². The number of unbranched alkanes of at least 4 members (excludes halogenated alkanes) is 1. The van der Waals surface area contributed by atoms with Crippen LogP contribution in [0.1, 0.15) is 24.0 Å². The Morgan fingerprint density at radius 2 is 2.07 bits per heavy atom. The molecule has 0 saturated heterocycles. The van der Waals surface area contributed by atoms with E-state index >= 15 is 0 Å². The SMILES string of the molecule is CNCCCCc1cc(C)c(F)c(Cl)c1.